The summed E-state index contributed by atoms with van der Waals surface area (Å²) in [7, 11) is 0. The zero-order valence-corrected chi connectivity index (χ0v) is 21.1. The Hall–Kier alpha value is -0.300. The molecule has 0 unspecified atom stereocenters. The Balaban J connectivity index is 1.53. The van der Waals surface area contributed by atoms with E-state index in [1.807, 2.05) is 0 Å². The molecule has 10 atom stereocenters. The predicted molar refractivity (Wildman–Crippen MR) is 128 cm³/mol. The largest absolute Gasteiger partial charge is 0.393 e. The highest BCUT2D eigenvalue weighted by molar-refractivity contribution is 5.25. The Bertz CT molecular complexity index is 649. The van der Waals surface area contributed by atoms with E-state index in [0.717, 1.165) is 60.2 Å². The molecule has 0 spiro atoms. The van der Waals surface area contributed by atoms with E-state index in [1.165, 1.54) is 44.9 Å². The summed E-state index contributed by atoms with van der Waals surface area (Å²) in [4.78, 5) is 0. The second kappa shape index (κ2) is 8.24. The summed E-state index contributed by atoms with van der Waals surface area (Å²) in [6.45, 7) is 17.7. The van der Waals surface area contributed by atoms with Crippen LogP contribution in [0.2, 0.25) is 0 Å². The predicted octanol–water partition coefficient (Wildman–Crippen LogP) is 7.88. The van der Waals surface area contributed by atoms with Crippen molar-refractivity contribution in [2.24, 2.45) is 58.2 Å². The van der Waals surface area contributed by atoms with Crippen molar-refractivity contribution in [1.29, 1.82) is 0 Å². The van der Waals surface area contributed by atoms with E-state index < -0.39 is 0 Å². The van der Waals surface area contributed by atoms with Gasteiger partial charge in [-0.15, -0.1) is 0 Å². The fraction of sp³-hybridized carbons (Fsp3) is 0.931. The first-order chi connectivity index (χ1) is 14.1. The van der Waals surface area contributed by atoms with Crippen LogP contribution in [0, 0.1) is 58.2 Å². The van der Waals surface area contributed by atoms with E-state index in [1.54, 1.807) is 5.57 Å². The van der Waals surface area contributed by atoms with Gasteiger partial charge >= 0.3 is 0 Å². The molecule has 0 aromatic carbocycles. The van der Waals surface area contributed by atoms with Crippen LogP contribution in [0.15, 0.2) is 11.6 Å². The van der Waals surface area contributed by atoms with Crippen LogP contribution in [0.1, 0.15) is 106 Å². The quantitative estimate of drug-likeness (QED) is 0.454. The molecule has 4 aliphatic carbocycles. The molecule has 0 heterocycles. The van der Waals surface area contributed by atoms with Crippen LogP contribution in [-0.4, -0.2) is 11.2 Å². The van der Waals surface area contributed by atoms with Crippen molar-refractivity contribution in [2.75, 3.05) is 0 Å². The minimum atomic E-state index is -0.0826. The van der Waals surface area contributed by atoms with Gasteiger partial charge in [-0.2, -0.15) is 0 Å². The molecule has 1 N–H and O–H groups in total. The van der Waals surface area contributed by atoms with Crippen molar-refractivity contribution < 1.29 is 5.11 Å². The molecular weight excluding hydrogens is 364 g/mol. The van der Waals surface area contributed by atoms with Crippen LogP contribution < -0.4 is 0 Å². The average molecular weight is 415 g/mol. The summed E-state index contributed by atoms with van der Waals surface area (Å²) in [5.41, 5.74) is 2.55. The van der Waals surface area contributed by atoms with Crippen molar-refractivity contribution in [3.8, 4) is 0 Å². The first-order valence-electron chi connectivity index (χ1n) is 13.5. The molecule has 4 aliphatic rings. The van der Waals surface area contributed by atoms with Crippen LogP contribution in [0.5, 0.6) is 0 Å². The molecule has 30 heavy (non-hydrogen) atoms. The van der Waals surface area contributed by atoms with Crippen molar-refractivity contribution in [2.45, 2.75) is 112 Å². The van der Waals surface area contributed by atoms with Crippen LogP contribution >= 0.6 is 0 Å². The molecule has 0 saturated heterocycles. The Morgan fingerprint density at radius 2 is 1.70 bits per heavy atom. The standard InChI is InChI=1S/C29H50O/c1-18(2)16-19(3)20(4)21(5)25-10-11-26-24-9-8-22-17-23(30)12-14-28(22,6)27(24)13-15-29(25,26)7/h8,18-21,23-27,30H,9-17H2,1-7H3/t19-,20-,21+,23-,24-,25+,26-,27-,28-,29+/m0/s1. The summed E-state index contributed by atoms with van der Waals surface area (Å²) in [5, 5.41) is 10.3. The van der Waals surface area contributed by atoms with Gasteiger partial charge in [0.05, 0.1) is 6.10 Å². The van der Waals surface area contributed by atoms with Crippen LogP contribution in [0.25, 0.3) is 0 Å². The summed E-state index contributed by atoms with van der Waals surface area (Å²) in [6, 6.07) is 0. The smallest absolute Gasteiger partial charge is 0.0577 e. The lowest BCUT2D eigenvalue weighted by atomic mass is 9.46. The van der Waals surface area contributed by atoms with Gasteiger partial charge in [0.15, 0.2) is 0 Å². The van der Waals surface area contributed by atoms with E-state index in [9.17, 15) is 5.11 Å². The molecule has 0 aromatic rings. The Labute approximate surface area is 187 Å². The van der Waals surface area contributed by atoms with Crippen LogP contribution in [0.4, 0.5) is 0 Å². The fourth-order valence-corrected chi connectivity index (χ4v) is 9.39. The molecule has 0 aromatic heterocycles. The Morgan fingerprint density at radius 3 is 2.40 bits per heavy atom. The average Bonchev–Trinajstić information content (AvgIpc) is 3.04. The highest BCUT2D eigenvalue weighted by atomic mass is 16.3. The number of aliphatic hydroxyl groups is 1. The van der Waals surface area contributed by atoms with Crippen molar-refractivity contribution in [3.63, 3.8) is 0 Å². The number of hydrogen-bond donors (Lipinski definition) is 1. The third kappa shape index (κ3) is 3.64. The highest BCUT2D eigenvalue weighted by Crippen LogP contribution is 2.67. The van der Waals surface area contributed by atoms with Gasteiger partial charge in [0.2, 0.25) is 0 Å². The summed E-state index contributed by atoms with van der Waals surface area (Å²) >= 11 is 0. The first-order valence-corrected chi connectivity index (χ1v) is 13.5. The Kier molecular flexibility index (Phi) is 6.28. The summed E-state index contributed by atoms with van der Waals surface area (Å²) < 4.78 is 0. The summed E-state index contributed by atoms with van der Waals surface area (Å²) in [5.74, 6) is 6.95. The third-order valence-electron chi connectivity index (χ3n) is 11.4. The van der Waals surface area contributed by atoms with Gasteiger partial charge in [-0.1, -0.05) is 60.1 Å². The molecular formula is C29H50O. The topological polar surface area (TPSA) is 20.2 Å². The molecule has 0 aliphatic heterocycles. The second-order valence-electron chi connectivity index (χ2n) is 13.2. The van der Waals surface area contributed by atoms with Crippen molar-refractivity contribution in [3.05, 3.63) is 11.6 Å². The van der Waals surface area contributed by atoms with Gasteiger partial charge in [-0.25, -0.2) is 0 Å². The van der Waals surface area contributed by atoms with Gasteiger partial charge in [-0.3, -0.25) is 0 Å². The molecule has 0 amide bonds. The molecule has 0 bridgehead atoms. The minimum Gasteiger partial charge on any atom is -0.393 e. The zero-order valence-electron chi connectivity index (χ0n) is 21.1. The van der Waals surface area contributed by atoms with Gasteiger partial charge in [-0.05, 0) is 116 Å². The van der Waals surface area contributed by atoms with Crippen molar-refractivity contribution >= 4 is 0 Å². The fourth-order valence-electron chi connectivity index (χ4n) is 9.39. The molecule has 1 nitrogen and oxygen atoms in total. The van der Waals surface area contributed by atoms with Crippen molar-refractivity contribution in [1.82, 2.24) is 0 Å². The lowest BCUT2D eigenvalue weighted by Crippen LogP contribution is -2.51. The molecule has 172 valence electrons. The molecule has 4 rings (SSSR count). The van der Waals surface area contributed by atoms with E-state index >= 15 is 0 Å². The van der Waals surface area contributed by atoms with E-state index in [0.29, 0.717) is 10.8 Å². The number of hydrogen-bond acceptors (Lipinski definition) is 1. The first kappa shape index (κ1) is 22.9. The molecule has 3 fully saturated rings. The Morgan fingerprint density at radius 1 is 0.967 bits per heavy atom. The van der Waals surface area contributed by atoms with E-state index in [-0.39, 0.29) is 6.10 Å². The van der Waals surface area contributed by atoms with E-state index in [2.05, 4.69) is 54.5 Å². The molecule has 3 saturated carbocycles. The van der Waals surface area contributed by atoms with Gasteiger partial charge in [0, 0.05) is 0 Å². The van der Waals surface area contributed by atoms with Gasteiger partial charge in [0.1, 0.15) is 0 Å². The van der Waals surface area contributed by atoms with Gasteiger partial charge in [0.25, 0.3) is 0 Å². The lowest BCUT2D eigenvalue weighted by Gasteiger charge is -2.58. The second-order valence-corrected chi connectivity index (χ2v) is 13.2. The number of rotatable bonds is 5. The monoisotopic (exact) mass is 414 g/mol. The molecule has 1 heteroatoms. The maximum absolute atomic E-state index is 10.3. The van der Waals surface area contributed by atoms with Crippen LogP contribution in [0.3, 0.4) is 0 Å². The van der Waals surface area contributed by atoms with Crippen LogP contribution in [-0.2, 0) is 0 Å². The summed E-state index contributed by atoms with van der Waals surface area (Å²) in [6.07, 6.45) is 14.2. The minimum absolute atomic E-state index is 0.0826. The lowest BCUT2D eigenvalue weighted by molar-refractivity contribution is -0.0621. The third-order valence-corrected chi connectivity index (χ3v) is 11.4. The van der Waals surface area contributed by atoms with E-state index in [4.69, 9.17) is 0 Å². The number of aliphatic hydroxyl groups excluding tert-OH is 1. The maximum atomic E-state index is 10.3. The highest BCUT2D eigenvalue weighted by Gasteiger charge is 2.59. The zero-order chi connectivity index (χ0) is 21.8. The molecule has 0 radical (unpaired) electrons. The normalized spacial score (nSPS) is 46.4. The number of fused-ring (bicyclic) bond motifs is 5. The maximum Gasteiger partial charge on any atom is 0.0577 e. The van der Waals surface area contributed by atoms with Gasteiger partial charge < -0.3 is 5.11 Å². The number of allylic oxidation sites excluding steroid dienone is 1. The SMILES string of the molecule is CC(C)C[C@H](C)[C@H](C)[C@@H](C)[C@H]1CC[C@H]2[C@@H]3CC=C4C[C@@H](O)CC[C@]4(C)[C@H]3CC[C@]12C.